The lowest BCUT2D eigenvalue weighted by molar-refractivity contribution is -0.151. The molecule has 2 aromatic carbocycles. The first-order valence-electron chi connectivity index (χ1n) is 8.86. The van der Waals surface area contributed by atoms with Crippen molar-refractivity contribution < 1.29 is 19.1 Å². The van der Waals surface area contributed by atoms with Crippen molar-refractivity contribution in [2.45, 2.75) is 19.9 Å². The van der Waals surface area contributed by atoms with Crippen LogP contribution in [0.3, 0.4) is 0 Å². The van der Waals surface area contributed by atoms with Crippen LogP contribution >= 0.6 is 0 Å². The fourth-order valence-corrected chi connectivity index (χ4v) is 2.98. The lowest BCUT2D eigenvalue weighted by atomic mass is 10.1. The molecule has 6 nitrogen and oxygen atoms in total. The van der Waals surface area contributed by atoms with Gasteiger partial charge in [-0.05, 0) is 24.6 Å². The van der Waals surface area contributed by atoms with Gasteiger partial charge >= 0.3 is 5.97 Å². The van der Waals surface area contributed by atoms with Gasteiger partial charge in [0, 0.05) is 25.2 Å². The number of benzene rings is 2. The molecule has 27 heavy (non-hydrogen) atoms. The minimum Gasteiger partial charge on any atom is -0.455 e. The van der Waals surface area contributed by atoms with Gasteiger partial charge in [-0.15, -0.1) is 0 Å². The second-order valence-corrected chi connectivity index (χ2v) is 6.68. The number of hydrogen-bond donors (Lipinski definition) is 1. The average molecular weight is 366 g/mol. The van der Waals surface area contributed by atoms with Crippen molar-refractivity contribution >= 4 is 23.5 Å². The van der Waals surface area contributed by atoms with Gasteiger partial charge in [0.15, 0.2) is 6.61 Å². The molecule has 1 atom stereocenters. The van der Waals surface area contributed by atoms with Gasteiger partial charge in [0.2, 0.25) is 5.91 Å². The van der Waals surface area contributed by atoms with E-state index in [9.17, 15) is 14.4 Å². The molecule has 0 aromatic heterocycles. The monoisotopic (exact) mass is 366 g/mol. The van der Waals surface area contributed by atoms with Crippen LogP contribution in [0.4, 0.5) is 5.69 Å². The topological polar surface area (TPSA) is 75.7 Å². The van der Waals surface area contributed by atoms with Gasteiger partial charge in [-0.25, -0.2) is 0 Å². The lowest BCUT2D eigenvalue weighted by Gasteiger charge is -2.16. The Balaban J connectivity index is 1.46. The molecule has 1 fully saturated rings. The van der Waals surface area contributed by atoms with Gasteiger partial charge in [-0.1, -0.05) is 48.0 Å². The van der Waals surface area contributed by atoms with Crippen molar-refractivity contribution in [3.63, 3.8) is 0 Å². The van der Waals surface area contributed by atoms with Crippen LogP contribution < -0.4 is 5.32 Å². The molecule has 6 heteroatoms. The molecular weight excluding hydrogens is 344 g/mol. The third kappa shape index (κ3) is 5.17. The largest absolute Gasteiger partial charge is 0.455 e. The molecule has 2 aromatic rings. The van der Waals surface area contributed by atoms with Crippen LogP contribution in [0.1, 0.15) is 17.5 Å². The summed E-state index contributed by atoms with van der Waals surface area (Å²) in [6, 6.07) is 16.9. The number of aryl methyl sites for hydroxylation is 1. The Morgan fingerprint density at radius 3 is 2.52 bits per heavy atom. The predicted octanol–water partition coefficient (Wildman–Crippen LogP) is 2.53. The lowest BCUT2D eigenvalue weighted by Crippen LogP contribution is -2.28. The standard InChI is InChI=1S/C21H22N2O4/c1-15-7-9-18(10-8-15)22-19(24)14-27-21(26)17-11-20(25)23(13-17)12-16-5-3-2-4-6-16/h2-10,17H,11-14H2,1H3,(H,22,24)/t17-/m1/s1. The van der Waals surface area contributed by atoms with Crippen LogP contribution in [-0.4, -0.2) is 35.8 Å². The van der Waals surface area contributed by atoms with Crippen molar-refractivity contribution in [3.05, 3.63) is 65.7 Å². The molecule has 3 rings (SSSR count). The maximum Gasteiger partial charge on any atom is 0.311 e. The number of carbonyl (C=O) groups excluding carboxylic acids is 3. The van der Waals surface area contributed by atoms with Crippen LogP contribution in [0.2, 0.25) is 0 Å². The molecule has 1 aliphatic rings. The number of nitrogens with one attached hydrogen (secondary N) is 1. The SMILES string of the molecule is Cc1ccc(NC(=O)COC(=O)[C@@H]2CC(=O)N(Cc3ccccc3)C2)cc1. The first-order chi connectivity index (χ1) is 13.0. The number of likely N-dealkylation sites (tertiary alicyclic amines) is 1. The Hall–Kier alpha value is -3.15. The number of ether oxygens (including phenoxy) is 1. The van der Waals surface area contributed by atoms with E-state index in [2.05, 4.69) is 5.32 Å². The van der Waals surface area contributed by atoms with Crippen molar-refractivity contribution in [2.75, 3.05) is 18.5 Å². The summed E-state index contributed by atoms with van der Waals surface area (Å²) in [6.45, 7) is 2.37. The first-order valence-corrected chi connectivity index (χ1v) is 8.86. The fourth-order valence-electron chi connectivity index (χ4n) is 2.98. The van der Waals surface area contributed by atoms with Gasteiger partial charge < -0.3 is 15.0 Å². The summed E-state index contributed by atoms with van der Waals surface area (Å²) < 4.78 is 5.10. The number of anilines is 1. The zero-order valence-corrected chi connectivity index (χ0v) is 15.2. The van der Waals surface area contributed by atoms with Crippen LogP contribution in [0.15, 0.2) is 54.6 Å². The molecule has 1 aliphatic heterocycles. The summed E-state index contributed by atoms with van der Waals surface area (Å²) in [7, 11) is 0. The highest BCUT2D eigenvalue weighted by molar-refractivity contribution is 5.93. The molecule has 0 aliphatic carbocycles. The molecule has 0 unspecified atom stereocenters. The molecule has 1 saturated heterocycles. The second kappa shape index (κ2) is 8.49. The average Bonchev–Trinajstić information content (AvgIpc) is 3.03. The predicted molar refractivity (Wildman–Crippen MR) is 101 cm³/mol. The van der Waals surface area contributed by atoms with E-state index >= 15 is 0 Å². The number of hydrogen-bond acceptors (Lipinski definition) is 4. The zero-order valence-electron chi connectivity index (χ0n) is 15.2. The Kier molecular flexibility index (Phi) is 5.86. The van der Waals surface area contributed by atoms with Crippen molar-refractivity contribution in [3.8, 4) is 0 Å². The summed E-state index contributed by atoms with van der Waals surface area (Å²) in [5.74, 6) is -1.53. The number of amides is 2. The maximum atomic E-state index is 12.2. The van der Waals surface area contributed by atoms with E-state index < -0.39 is 17.8 Å². The third-order valence-corrected chi connectivity index (χ3v) is 4.44. The van der Waals surface area contributed by atoms with E-state index in [0.29, 0.717) is 18.8 Å². The Morgan fingerprint density at radius 2 is 1.81 bits per heavy atom. The van der Waals surface area contributed by atoms with Crippen molar-refractivity contribution in [2.24, 2.45) is 5.92 Å². The Bertz CT molecular complexity index is 818. The Labute approximate surface area is 158 Å². The molecule has 0 saturated carbocycles. The van der Waals surface area contributed by atoms with E-state index in [1.807, 2.05) is 49.4 Å². The van der Waals surface area contributed by atoms with E-state index in [1.165, 1.54) is 0 Å². The fraction of sp³-hybridized carbons (Fsp3) is 0.286. The number of carbonyl (C=O) groups is 3. The highest BCUT2D eigenvalue weighted by atomic mass is 16.5. The van der Waals surface area contributed by atoms with Crippen LogP contribution in [0.5, 0.6) is 0 Å². The summed E-state index contributed by atoms with van der Waals surface area (Å²) >= 11 is 0. The molecule has 0 bridgehead atoms. The van der Waals surface area contributed by atoms with Crippen LogP contribution in [0, 0.1) is 12.8 Å². The molecular formula is C21H22N2O4. The molecule has 1 heterocycles. The third-order valence-electron chi connectivity index (χ3n) is 4.44. The molecule has 140 valence electrons. The second-order valence-electron chi connectivity index (χ2n) is 6.68. The summed E-state index contributed by atoms with van der Waals surface area (Å²) in [5.41, 5.74) is 2.74. The number of rotatable bonds is 6. The summed E-state index contributed by atoms with van der Waals surface area (Å²) in [4.78, 5) is 37.9. The normalized spacial score (nSPS) is 16.3. The minimum atomic E-state index is -0.534. The van der Waals surface area contributed by atoms with E-state index in [1.54, 1.807) is 17.0 Å². The van der Waals surface area contributed by atoms with Gasteiger partial charge in [-0.2, -0.15) is 0 Å². The quantitative estimate of drug-likeness (QED) is 0.797. The molecule has 1 N–H and O–H groups in total. The maximum absolute atomic E-state index is 12.2. The van der Waals surface area contributed by atoms with Gasteiger partial charge in [-0.3, -0.25) is 14.4 Å². The first kappa shape index (κ1) is 18.6. The summed E-state index contributed by atoms with van der Waals surface area (Å²) in [6.07, 6.45) is 0.116. The van der Waals surface area contributed by atoms with Crippen molar-refractivity contribution in [1.29, 1.82) is 0 Å². The summed E-state index contributed by atoms with van der Waals surface area (Å²) in [5, 5.41) is 2.67. The number of nitrogens with zero attached hydrogens (tertiary/aromatic N) is 1. The van der Waals surface area contributed by atoms with Gasteiger partial charge in [0.05, 0.1) is 5.92 Å². The molecule has 0 radical (unpaired) electrons. The highest BCUT2D eigenvalue weighted by Crippen LogP contribution is 2.21. The Morgan fingerprint density at radius 1 is 1.11 bits per heavy atom. The smallest absolute Gasteiger partial charge is 0.311 e. The van der Waals surface area contributed by atoms with Crippen LogP contribution in [0.25, 0.3) is 0 Å². The van der Waals surface area contributed by atoms with E-state index in [-0.39, 0.29) is 18.9 Å². The minimum absolute atomic E-state index is 0.0788. The van der Waals surface area contributed by atoms with Gasteiger partial charge in [0.1, 0.15) is 0 Å². The zero-order chi connectivity index (χ0) is 19.2. The number of esters is 1. The van der Waals surface area contributed by atoms with Crippen molar-refractivity contribution in [1.82, 2.24) is 4.90 Å². The molecule has 0 spiro atoms. The van der Waals surface area contributed by atoms with E-state index in [0.717, 1.165) is 11.1 Å². The molecule has 2 amide bonds. The van der Waals surface area contributed by atoms with Gasteiger partial charge in [0.25, 0.3) is 5.91 Å². The highest BCUT2D eigenvalue weighted by Gasteiger charge is 2.35. The van der Waals surface area contributed by atoms with Crippen LogP contribution in [-0.2, 0) is 25.7 Å². The van der Waals surface area contributed by atoms with E-state index in [4.69, 9.17) is 4.74 Å².